The lowest BCUT2D eigenvalue weighted by atomic mass is 9.95. The zero-order valence-corrected chi connectivity index (χ0v) is 22.9. The molecule has 1 aliphatic carbocycles. The molecule has 4 N–H and O–H groups in total. The molecule has 0 bridgehead atoms. The molecule has 1 aromatic rings. The van der Waals surface area contributed by atoms with Crippen molar-refractivity contribution in [3.8, 4) is 0 Å². The van der Waals surface area contributed by atoms with Gasteiger partial charge < -0.3 is 21.3 Å². The number of aliphatic imine (C=N–C) groups is 1. The van der Waals surface area contributed by atoms with E-state index in [2.05, 4.69) is 70.3 Å². The second kappa shape index (κ2) is 14.1. The number of piperidine rings is 1. The lowest BCUT2D eigenvalue weighted by Crippen LogP contribution is -2.51. The maximum absolute atomic E-state index is 11.6. The third-order valence-corrected chi connectivity index (χ3v) is 6.84. The Kier molecular flexibility index (Phi) is 11.9. The van der Waals surface area contributed by atoms with Gasteiger partial charge in [0.05, 0.1) is 13.1 Å². The largest absolute Gasteiger partial charge is 0.358 e. The predicted octanol–water partition coefficient (Wildman–Crippen LogP) is 3.03. The minimum absolute atomic E-state index is 0. The van der Waals surface area contributed by atoms with Crippen LogP contribution in [0.2, 0.25) is 0 Å². The van der Waals surface area contributed by atoms with E-state index in [1.807, 2.05) is 0 Å². The Morgan fingerprint density at radius 2 is 1.85 bits per heavy atom. The molecule has 0 spiro atoms. The molecule has 1 heterocycles. The van der Waals surface area contributed by atoms with Gasteiger partial charge in [-0.15, -0.1) is 24.0 Å². The van der Waals surface area contributed by atoms with Gasteiger partial charge in [0, 0.05) is 44.3 Å². The van der Waals surface area contributed by atoms with Crippen molar-refractivity contribution in [1.29, 1.82) is 0 Å². The second-order valence-corrected chi connectivity index (χ2v) is 9.33. The van der Waals surface area contributed by atoms with Crippen LogP contribution in [0.15, 0.2) is 35.3 Å². The Bertz CT molecular complexity index is 730. The van der Waals surface area contributed by atoms with E-state index >= 15 is 0 Å². The molecule has 1 aromatic carbocycles. The van der Waals surface area contributed by atoms with Crippen LogP contribution in [0.4, 0.5) is 0 Å². The van der Waals surface area contributed by atoms with Crippen LogP contribution < -0.4 is 21.3 Å². The summed E-state index contributed by atoms with van der Waals surface area (Å²) in [6.45, 7) is 8.37. The number of amides is 1. The van der Waals surface area contributed by atoms with E-state index in [-0.39, 0.29) is 35.4 Å². The molecular weight excluding hydrogens is 527 g/mol. The van der Waals surface area contributed by atoms with Crippen molar-refractivity contribution in [3.05, 3.63) is 35.9 Å². The Morgan fingerprint density at radius 3 is 2.45 bits per heavy atom. The van der Waals surface area contributed by atoms with Crippen molar-refractivity contribution in [2.45, 2.75) is 70.0 Å². The number of benzene rings is 1. The fourth-order valence-corrected chi connectivity index (χ4v) is 4.95. The van der Waals surface area contributed by atoms with Gasteiger partial charge in [-0.05, 0) is 45.1 Å². The summed E-state index contributed by atoms with van der Waals surface area (Å²) in [6.07, 6.45) is 6.91. The van der Waals surface area contributed by atoms with Crippen LogP contribution >= 0.6 is 24.0 Å². The molecule has 8 heteroatoms. The molecule has 2 aliphatic rings. The highest BCUT2D eigenvalue weighted by Crippen LogP contribution is 2.32. The third-order valence-electron chi connectivity index (χ3n) is 6.84. The minimum Gasteiger partial charge on any atom is -0.358 e. The number of halogens is 1. The molecule has 3 rings (SSSR count). The number of hydrogen-bond donors (Lipinski definition) is 4. The fourth-order valence-electron chi connectivity index (χ4n) is 4.95. The highest BCUT2D eigenvalue weighted by Gasteiger charge is 2.35. The van der Waals surface area contributed by atoms with Gasteiger partial charge in [-0.1, -0.05) is 43.2 Å². The smallest absolute Gasteiger partial charge is 0.233 e. The lowest BCUT2D eigenvalue weighted by molar-refractivity contribution is -0.122. The number of likely N-dealkylation sites (tertiary alicyclic amines) is 1. The molecule has 2 fully saturated rings. The molecule has 33 heavy (non-hydrogen) atoms. The van der Waals surface area contributed by atoms with Crippen molar-refractivity contribution in [2.24, 2.45) is 4.99 Å². The molecule has 186 valence electrons. The standard InChI is InChI=1S/C25H42N6O.HI/c1-4-27-24(29-22-12-16-31(17-13-22)18-23(32)26-3)28-19-25(14-8-9-15-25)30-20(2)21-10-6-5-7-11-21;/h5-7,10-11,20,22,30H,4,8-9,12-19H2,1-3H3,(H,26,32)(H2,27,28,29);1H. The van der Waals surface area contributed by atoms with Gasteiger partial charge in [0.2, 0.25) is 5.91 Å². The van der Waals surface area contributed by atoms with Crippen LogP contribution in [0, 0.1) is 0 Å². The SMILES string of the molecule is CCNC(=NCC1(NC(C)c2ccccc2)CCCC1)NC1CCN(CC(=O)NC)CC1.I. The molecule has 1 unspecified atom stereocenters. The van der Waals surface area contributed by atoms with Crippen LogP contribution in [0.5, 0.6) is 0 Å². The number of hydrogen-bond acceptors (Lipinski definition) is 4. The highest BCUT2D eigenvalue weighted by molar-refractivity contribution is 14.0. The quantitative estimate of drug-likeness (QED) is 0.209. The molecule has 0 aromatic heterocycles. The summed E-state index contributed by atoms with van der Waals surface area (Å²) < 4.78 is 0. The van der Waals surface area contributed by atoms with Crippen LogP contribution in [0.3, 0.4) is 0 Å². The van der Waals surface area contributed by atoms with E-state index < -0.39 is 0 Å². The minimum atomic E-state index is 0. The first-order chi connectivity index (χ1) is 15.5. The molecule has 1 saturated carbocycles. The average molecular weight is 571 g/mol. The monoisotopic (exact) mass is 570 g/mol. The summed E-state index contributed by atoms with van der Waals surface area (Å²) in [4.78, 5) is 18.9. The molecule has 7 nitrogen and oxygen atoms in total. The molecular formula is C25H43IN6O. The summed E-state index contributed by atoms with van der Waals surface area (Å²) in [5.41, 5.74) is 1.39. The highest BCUT2D eigenvalue weighted by atomic mass is 127. The first-order valence-corrected chi connectivity index (χ1v) is 12.3. The summed E-state index contributed by atoms with van der Waals surface area (Å²) in [5.74, 6) is 1.00. The van der Waals surface area contributed by atoms with Crippen molar-refractivity contribution >= 4 is 35.8 Å². The Balaban J connectivity index is 0.00000385. The van der Waals surface area contributed by atoms with Crippen molar-refractivity contribution < 1.29 is 4.79 Å². The zero-order valence-electron chi connectivity index (χ0n) is 20.5. The third kappa shape index (κ3) is 8.72. The Labute approximate surface area is 217 Å². The van der Waals surface area contributed by atoms with Crippen LogP contribution in [0.1, 0.15) is 64.0 Å². The van der Waals surface area contributed by atoms with E-state index in [0.717, 1.165) is 45.0 Å². The number of carbonyl (C=O) groups is 1. The number of nitrogens with one attached hydrogen (secondary N) is 4. The number of guanidine groups is 1. The van der Waals surface area contributed by atoms with E-state index in [4.69, 9.17) is 4.99 Å². The van der Waals surface area contributed by atoms with Crippen molar-refractivity contribution in [1.82, 2.24) is 26.2 Å². The lowest BCUT2D eigenvalue weighted by Gasteiger charge is -2.34. The first-order valence-electron chi connectivity index (χ1n) is 12.3. The van der Waals surface area contributed by atoms with Gasteiger partial charge >= 0.3 is 0 Å². The molecule has 1 amide bonds. The van der Waals surface area contributed by atoms with Crippen molar-refractivity contribution in [2.75, 3.05) is 39.8 Å². The van der Waals surface area contributed by atoms with E-state index in [1.54, 1.807) is 7.05 Å². The maximum Gasteiger partial charge on any atom is 0.233 e. The van der Waals surface area contributed by atoms with Crippen LogP contribution in [0.25, 0.3) is 0 Å². The predicted molar refractivity (Wildman–Crippen MR) is 147 cm³/mol. The molecule has 1 atom stereocenters. The van der Waals surface area contributed by atoms with Crippen LogP contribution in [-0.2, 0) is 4.79 Å². The van der Waals surface area contributed by atoms with Gasteiger partial charge in [-0.25, -0.2) is 0 Å². The van der Waals surface area contributed by atoms with E-state index in [9.17, 15) is 4.79 Å². The zero-order chi connectivity index (χ0) is 22.8. The summed E-state index contributed by atoms with van der Waals surface area (Å²) in [6, 6.07) is 11.4. The number of carbonyl (C=O) groups excluding carboxylic acids is 1. The number of nitrogens with zero attached hydrogens (tertiary/aromatic N) is 2. The summed E-state index contributed by atoms with van der Waals surface area (Å²) >= 11 is 0. The molecule has 1 saturated heterocycles. The Hall–Kier alpha value is -1.39. The van der Waals surface area contributed by atoms with Gasteiger partial charge in [0.15, 0.2) is 5.96 Å². The fraction of sp³-hybridized carbons (Fsp3) is 0.680. The van der Waals surface area contributed by atoms with Gasteiger partial charge in [-0.3, -0.25) is 14.7 Å². The van der Waals surface area contributed by atoms with Crippen molar-refractivity contribution in [3.63, 3.8) is 0 Å². The number of likely N-dealkylation sites (N-methyl/N-ethyl adjacent to an activating group) is 1. The molecule has 1 aliphatic heterocycles. The topological polar surface area (TPSA) is 80.8 Å². The normalized spacial score (nSPS) is 20.0. The Morgan fingerprint density at radius 1 is 1.18 bits per heavy atom. The maximum atomic E-state index is 11.6. The first kappa shape index (κ1) is 27.9. The second-order valence-electron chi connectivity index (χ2n) is 9.33. The van der Waals surface area contributed by atoms with Gasteiger partial charge in [0.25, 0.3) is 0 Å². The molecule has 0 radical (unpaired) electrons. The number of rotatable bonds is 9. The summed E-state index contributed by atoms with van der Waals surface area (Å²) in [5, 5.41) is 13.7. The van der Waals surface area contributed by atoms with E-state index in [1.165, 1.54) is 31.2 Å². The van der Waals surface area contributed by atoms with Gasteiger partial charge in [0.1, 0.15) is 0 Å². The van der Waals surface area contributed by atoms with Gasteiger partial charge in [-0.2, -0.15) is 0 Å². The average Bonchev–Trinajstić information content (AvgIpc) is 3.28. The summed E-state index contributed by atoms with van der Waals surface area (Å²) in [7, 11) is 1.70. The van der Waals surface area contributed by atoms with E-state index in [0.29, 0.717) is 18.6 Å². The van der Waals surface area contributed by atoms with Crippen LogP contribution in [-0.4, -0.2) is 68.1 Å².